The van der Waals surface area contributed by atoms with Crippen LogP contribution < -0.4 is 15.0 Å². The summed E-state index contributed by atoms with van der Waals surface area (Å²) in [4.78, 5) is 31.7. The maximum absolute atomic E-state index is 13.4. The molecule has 164 valence electrons. The molecule has 1 N–H and O–H groups in total. The number of benzene rings is 3. The second kappa shape index (κ2) is 8.39. The molecule has 0 bridgehead atoms. The Morgan fingerprint density at radius 2 is 1.79 bits per heavy atom. The monoisotopic (exact) mass is 437 g/mol. The number of nitrogens with zero attached hydrogens (tertiary/aromatic N) is 2. The summed E-state index contributed by atoms with van der Waals surface area (Å²) in [6.45, 7) is 2.24. The number of hydrogen-bond acceptors (Lipinski definition) is 4. The molecule has 0 fully saturated rings. The average molecular weight is 437 g/mol. The average Bonchev–Trinajstić information content (AvgIpc) is 3.27. The Labute approximate surface area is 191 Å². The Balaban J connectivity index is 1.50. The quantitative estimate of drug-likeness (QED) is 0.484. The number of pyridine rings is 1. The molecule has 2 amide bonds. The van der Waals surface area contributed by atoms with Gasteiger partial charge in [0.1, 0.15) is 5.75 Å². The van der Waals surface area contributed by atoms with E-state index in [0.717, 1.165) is 39.9 Å². The van der Waals surface area contributed by atoms with Gasteiger partial charge in [-0.2, -0.15) is 0 Å². The van der Waals surface area contributed by atoms with E-state index in [1.807, 2.05) is 72.8 Å². The van der Waals surface area contributed by atoms with Gasteiger partial charge in [0.2, 0.25) is 5.91 Å². The van der Waals surface area contributed by atoms with Crippen molar-refractivity contribution in [3.05, 3.63) is 83.9 Å². The molecule has 1 aliphatic heterocycles. The van der Waals surface area contributed by atoms with Crippen LogP contribution in [0, 0.1) is 0 Å². The van der Waals surface area contributed by atoms with Crippen LogP contribution in [0.25, 0.3) is 22.2 Å². The Hall–Kier alpha value is -4.19. The number of methoxy groups -OCH3 is 1. The van der Waals surface area contributed by atoms with Crippen LogP contribution in [0.1, 0.15) is 22.8 Å². The lowest BCUT2D eigenvalue weighted by Gasteiger charge is -2.15. The Morgan fingerprint density at radius 3 is 2.55 bits per heavy atom. The number of carbonyl (C=O) groups is 2. The summed E-state index contributed by atoms with van der Waals surface area (Å²) < 4.78 is 5.25. The first-order valence-corrected chi connectivity index (χ1v) is 10.8. The van der Waals surface area contributed by atoms with E-state index in [1.165, 1.54) is 0 Å². The van der Waals surface area contributed by atoms with E-state index in [4.69, 9.17) is 9.72 Å². The summed E-state index contributed by atoms with van der Waals surface area (Å²) in [5.41, 5.74) is 5.60. The van der Waals surface area contributed by atoms with Crippen LogP contribution in [0.3, 0.4) is 0 Å². The molecule has 0 radical (unpaired) electrons. The van der Waals surface area contributed by atoms with Gasteiger partial charge in [0.15, 0.2) is 0 Å². The maximum Gasteiger partial charge on any atom is 0.256 e. The van der Waals surface area contributed by atoms with Gasteiger partial charge < -0.3 is 15.0 Å². The summed E-state index contributed by atoms with van der Waals surface area (Å²) >= 11 is 0. The fourth-order valence-corrected chi connectivity index (χ4v) is 4.28. The highest BCUT2D eigenvalue weighted by Crippen LogP contribution is 2.31. The first-order chi connectivity index (χ1) is 16.0. The third-order valence-corrected chi connectivity index (χ3v) is 5.96. The lowest BCUT2D eigenvalue weighted by atomic mass is 10.0. The van der Waals surface area contributed by atoms with E-state index in [1.54, 1.807) is 18.9 Å². The van der Waals surface area contributed by atoms with Gasteiger partial charge in [0.25, 0.3) is 5.91 Å². The van der Waals surface area contributed by atoms with Crippen LogP contribution in [-0.4, -0.2) is 30.5 Å². The second-order valence-corrected chi connectivity index (χ2v) is 8.02. The molecule has 0 atom stereocenters. The molecule has 6 nitrogen and oxygen atoms in total. The van der Waals surface area contributed by atoms with Gasteiger partial charge in [-0.1, -0.05) is 18.2 Å². The molecule has 1 aromatic heterocycles. The van der Waals surface area contributed by atoms with Gasteiger partial charge in [-0.3, -0.25) is 9.59 Å². The number of hydrogen-bond donors (Lipinski definition) is 1. The van der Waals surface area contributed by atoms with Crippen molar-refractivity contribution in [2.75, 3.05) is 23.9 Å². The van der Waals surface area contributed by atoms with E-state index in [-0.39, 0.29) is 11.8 Å². The highest BCUT2D eigenvalue weighted by atomic mass is 16.5. The number of aromatic nitrogens is 1. The predicted molar refractivity (Wildman–Crippen MR) is 130 cm³/mol. The zero-order valence-corrected chi connectivity index (χ0v) is 18.5. The van der Waals surface area contributed by atoms with Crippen LogP contribution in [-0.2, 0) is 11.2 Å². The molecular formula is C27H23N3O3. The first-order valence-electron chi connectivity index (χ1n) is 10.8. The highest BCUT2D eigenvalue weighted by molar-refractivity contribution is 6.13. The number of amides is 2. The number of anilines is 2. The Kier molecular flexibility index (Phi) is 5.26. The number of nitrogens with one attached hydrogen (secondary N) is 1. The fourth-order valence-electron chi connectivity index (χ4n) is 4.28. The third kappa shape index (κ3) is 3.91. The topological polar surface area (TPSA) is 71.5 Å². The smallest absolute Gasteiger partial charge is 0.256 e. The van der Waals surface area contributed by atoms with Gasteiger partial charge in [0, 0.05) is 35.8 Å². The largest absolute Gasteiger partial charge is 0.497 e. The fraction of sp³-hybridized carbons (Fsp3) is 0.148. The molecule has 2 heterocycles. The molecular weight excluding hydrogens is 414 g/mol. The Bertz CT molecular complexity index is 1380. The molecule has 3 aromatic carbocycles. The molecule has 5 rings (SSSR count). The summed E-state index contributed by atoms with van der Waals surface area (Å²) in [7, 11) is 1.63. The van der Waals surface area contributed by atoms with E-state index in [2.05, 4.69) is 5.32 Å². The Morgan fingerprint density at radius 1 is 1.00 bits per heavy atom. The lowest BCUT2D eigenvalue weighted by molar-refractivity contribution is -0.116. The van der Waals surface area contributed by atoms with Crippen molar-refractivity contribution < 1.29 is 14.3 Å². The molecule has 0 saturated carbocycles. The number of rotatable bonds is 4. The van der Waals surface area contributed by atoms with Crippen molar-refractivity contribution in [2.24, 2.45) is 0 Å². The van der Waals surface area contributed by atoms with Crippen molar-refractivity contribution in [3.63, 3.8) is 0 Å². The molecule has 4 aromatic rings. The van der Waals surface area contributed by atoms with Crippen molar-refractivity contribution in [2.45, 2.75) is 13.3 Å². The zero-order chi connectivity index (χ0) is 22.9. The van der Waals surface area contributed by atoms with E-state index in [0.29, 0.717) is 23.5 Å². The summed E-state index contributed by atoms with van der Waals surface area (Å²) in [6.07, 6.45) is 0.776. The third-order valence-electron chi connectivity index (χ3n) is 5.96. The minimum absolute atomic E-state index is 0.0276. The van der Waals surface area contributed by atoms with Crippen LogP contribution >= 0.6 is 0 Å². The molecule has 0 spiro atoms. The molecule has 0 saturated heterocycles. The maximum atomic E-state index is 13.4. The number of para-hydroxylation sites is 1. The van der Waals surface area contributed by atoms with Crippen LogP contribution in [0.5, 0.6) is 5.75 Å². The van der Waals surface area contributed by atoms with Crippen LogP contribution in [0.15, 0.2) is 72.8 Å². The SMILES string of the molecule is COc1ccc(-c2cc(C(=O)Nc3ccc4c(c3)CCN4C(C)=O)c3ccccc3n2)cc1. The predicted octanol–water partition coefficient (Wildman–Crippen LogP) is 5.07. The highest BCUT2D eigenvalue weighted by Gasteiger charge is 2.23. The van der Waals surface area contributed by atoms with Crippen molar-refractivity contribution in [3.8, 4) is 17.0 Å². The van der Waals surface area contributed by atoms with Gasteiger partial charge >= 0.3 is 0 Å². The molecule has 0 aliphatic carbocycles. The van der Waals surface area contributed by atoms with Crippen LogP contribution in [0.4, 0.5) is 11.4 Å². The van der Waals surface area contributed by atoms with Crippen LogP contribution in [0.2, 0.25) is 0 Å². The van der Waals surface area contributed by atoms with Crippen molar-refractivity contribution in [1.82, 2.24) is 4.98 Å². The standard InChI is InChI=1S/C27H23N3O3/c1-17(31)30-14-13-19-15-20(9-12-26(19)30)28-27(32)23-16-25(18-7-10-21(33-2)11-8-18)29-24-6-4-3-5-22(23)24/h3-12,15-16H,13-14H2,1-2H3,(H,28,32). The van der Waals surface area contributed by atoms with E-state index >= 15 is 0 Å². The summed E-state index contributed by atoms with van der Waals surface area (Å²) in [5, 5.41) is 3.82. The van der Waals surface area contributed by atoms with E-state index in [9.17, 15) is 9.59 Å². The van der Waals surface area contributed by atoms with Crippen molar-refractivity contribution >= 4 is 34.1 Å². The van der Waals surface area contributed by atoms with Crippen molar-refractivity contribution in [1.29, 1.82) is 0 Å². The van der Waals surface area contributed by atoms with Gasteiger partial charge in [-0.25, -0.2) is 4.98 Å². The molecule has 1 aliphatic rings. The van der Waals surface area contributed by atoms with E-state index < -0.39 is 0 Å². The minimum atomic E-state index is -0.204. The molecule has 0 unspecified atom stereocenters. The van der Waals surface area contributed by atoms with Gasteiger partial charge in [-0.15, -0.1) is 0 Å². The lowest BCUT2D eigenvalue weighted by Crippen LogP contribution is -2.25. The van der Waals surface area contributed by atoms with Gasteiger partial charge in [-0.05, 0) is 66.6 Å². The number of fused-ring (bicyclic) bond motifs is 2. The first kappa shape index (κ1) is 20.7. The molecule has 6 heteroatoms. The summed E-state index contributed by atoms with van der Waals surface area (Å²) in [6, 6.07) is 22.7. The van der Waals surface area contributed by atoms with Gasteiger partial charge in [0.05, 0.1) is 23.9 Å². The zero-order valence-electron chi connectivity index (χ0n) is 18.5. The number of ether oxygens (including phenoxy) is 1. The minimum Gasteiger partial charge on any atom is -0.497 e. The summed E-state index contributed by atoms with van der Waals surface area (Å²) in [5.74, 6) is 0.585. The normalized spacial score (nSPS) is 12.5. The second-order valence-electron chi connectivity index (χ2n) is 8.02. The number of carbonyl (C=O) groups excluding carboxylic acids is 2. The molecule has 33 heavy (non-hydrogen) atoms.